The molecule has 5 nitrogen and oxygen atoms in total. The summed E-state index contributed by atoms with van der Waals surface area (Å²) in [5.74, 6) is -1.50. The van der Waals surface area contributed by atoms with Crippen LogP contribution in [0.15, 0.2) is 11.1 Å². The van der Waals surface area contributed by atoms with Crippen LogP contribution in [0.2, 0.25) is 0 Å². The Kier molecular flexibility index (Phi) is 3.43. The number of imide groups is 1. The Bertz CT molecular complexity index is 445. The number of carbonyl (C=O) groups is 3. The zero-order chi connectivity index (χ0) is 13.4. The fourth-order valence-electron chi connectivity index (χ4n) is 2.33. The molecule has 18 heavy (non-hydrogen) atoms. The van der Waals surface area contributed by atoms with Gasteiger partial charge < -0.3 is 4.90 Å². The van der Waals surface area contributed by atoms with Crippen LogP contribution in [0.5, 0.6) is 0 Å². The van der Waals surface area contributed by atoms with Crippen LogP contribution in [-0.4, -0.2) is 48.2 Å². The third-order valence-electron chi connectivity index (χ3n) is 3.45. The van der Waals surface area contributed by atoms with Gasteiger partial charge in [0.15, 0.2) is 0 Å². The molecule has 1 saturated heterocycles. The van der Waals surface area contributed by atoms with Crippen LogP contribution in [0, 0.1) is 11.8 Å². The summed E-state index contributed by atoms with van der Waals surface area (Å²) >= 11 is 5.90. The van der Waals surface area contributed by atoms with Crippen LogP contribution in [0.3, 0.4) is 0 Å². The molecule has 98 valence electrons. The quantitative estimate of drug-likeness (QED) is 0.690. The molecule has 2 rings (SSSR count). The highest BCUT2D eigenvalue weighted by atomic mass is 35.5. The normalized spacial score (nSPS) is 27.1. The largest absolute Gasteiger partial charge is 0.347 e. The van der Waals surface area contributed by atoms with Crippen molar-refractivity contribution in [1.82, 2.24) is 9.80 Å². The maximum atomic E-state index is 12.1. The van der Waals surface area contributed by atoms with Gasteiger partial charge in [0.25, 0.3) is 0 Å². The van der Waals surface area contributed by atoms with Crippen LogP contribution >= 0.6 is 11.6 Å². The molecular weight excluding hydrogens is 256 g/mol. The molecule has 1 fully saturated rings. The van der Waals surface area contributed by atoms with Crippen molar-refractivity contribution < 1.29 is 14.4 Å². The number of allylic oxidation sites excluding steroid dienone is 2. The number of halogens is 1. The minimum atomic E-state index is -0.384. The average Bonchev–Trinajstić information content (AvgIpc) is 2.54. The number of hydrogen-bond donors (Lipinski definition) is 0. The number of hydrogen-bond acceptors (Lipinski definition) is 3. The smallest absolute Gasteiger partial charge is 0.242 e. The predicted octanol–water partition coefficient (Wildman–Crippen LogP) is 0.592. The van der Waals surface area contributed by atoms with Gasteiger partial charge in [-0.2, -0.15) is 0 Å². The molecule has 1 heterocycles. The maximum Gasteiger partial charge on any atom is 0.242 e. The van der Waals surface area contributed by atoms with Crippen molar-refractivity contribution in [3.8, 4) is 0 Å². The molecular formula is C12H15ClN2O3. The monoisotopic (exact) mass is 270 g/mol. The first-order chi connectivity index (χ1) is 8.41. The molecule has 0 spiro atoms. The number of nitrogens with zero attached hydrogens (tertiary/aromatic N) is 2. The fraction of sp³-hybridized carbons (Fsp3) is 0.583. The van der Waals surface area contributed by atoms with E-state index in [2.05, 4.69) is 0 Å². The van der Waals surface area contributed by atoms with Crippen molar-refractivity contribution in [2.24, 2.45) is 11.8 Å². The Hall–Kier alpha value is -1.36. The first-order valence-electron chi connectivity index (χ1n) is 5.81. The molecule has 0 radical (unpaired) electrons. The van der Waals surface area contributed by atoms with Crippen LogP contribution in [0.25, 0.3) is 0 Å². The molecule has 0 aromatic carbocycles. The van der Waals surface area contributed by atoms with E-state index in [1.165, 1.54) is 4.90 Å². The van der Waals surface area contributed by atoms with Gasteiger partial charge in [0.05, 0.1) is 11.8 Å². The van der Waals surface area contributed by atoms with Crippen LogP contribution < -0.4 is 0 Å². The number of rotatable bonds is 2. The van der Waals surface area contributed by atoms with Crippen molar-refractivity contribution >= 4 is 29.3 Å². The van der Waals surface area contributed by atoms with E-state index in [0.717, 1.165) is 4.90 Å². The molecule has 2 atom stereocenters. The first kappa shape index (κ1) is 13.1. The van der Waals surface area contributed by atoms with Crippen molar-refractivity contribution in [3.05, 3.63) is 11.1 Å². The molecule has 0 aromatic rings. The van der Waals surface area contributed by atoms with Crippen LogP contribution in [0.4, 0.5) is 0 Å². The van der Waals surface area contributed by atoms with Crippen LogP contribution in [-0.2, 0) is 14.4 Å². The Morgan fingerprint density at radius 3 is 2.61 bits per heavy atom. The second-order valence-corrected chi connectivity index (χ2v) is 5.34. The first-order valence-corrected chi connectivity index (χ1v) is 6.19. The van der Waals surface area contributed by atoms with E-state index in [4.69, 9.17) is 11.6 Å². The molecule has 6 heteroatoms. The minimum Gasteiger partial charge on any atom is -0.347 e. The van der Waals surface area contributed by atoms with Gasteiger partial charge in [-0.05, 0) is 12.8 Å². The van der Waals surface area contributed by atoms with E-state index in [1.54, 1.807) is 20.2 Å². The van der Waals surface area contributed by atoms with Gasteiger partial charge in [0.2, 0.25) is 17.7 Å². The predicted molar refractivity (Wildman–Crippen MR) is 65.6 cm³/mol. The fourth-order valence-corrected chi connectivity index (χ4v) is 2.58. The standard InChI is InChI=1S/C12H15ClN2O3/c1-14(2)10(16)6-15-11(17)8-4-3-7(13)5-9(8)12(15)18/h3,8-9H,4-6H2,1-2H3/t8-,9+/m0/s1. The summed E-state index contributed by atoms with van der Waals surface area (Å²) in [7, 11) is 3.19. The number of fused-ring (bicyclic) bond motifs is 1. The Morgan fingerprint density at radius 1 is 1.39 bits per heavy atom. The lowest BCUT2D eigenvalue weighted by Gasteiger charge is -2.17. The van der Waals surface area contributed by atoms with E-state index in [1.807, 2.05) is 0 Å². The second kappa shape index (κ2) is 4.72. The highest BCUT2D eigenvalue weighted by molar-refractivity contribution is 6.30. The summed E-state index contributed by atoms with van der Waals surface area (Å²) in [6, 6.07) is 0. The second-order valence-electron chi connectivity index (χ2n) is 4.85. The lowest BCUT2D eigenvalue weighted by Crippen LogP contribution is -2.40. The SMILES string of the molecule is CN(C)C(=O)CN1C(=O)[C@H]2CC=C(Cl)C[C@H]2C1=O. The number of amides is 3. The summed E-state index contributed by atoms with van der Waals surface area (Å²) in [5, 5.41) is 0.623. The average molecular weight is 271 g/mol. The van der Waals surface area contributed by atoms with Gasteiger partial charge in [-0.1, -0.05) is 17.7 Å². The number of likely N-dealkylation sites (tertiary alicyclic amines) is 1. The lowest BCUT2D eigenvalue weighted by atomic mass is 9.85. The molecule has 0 N–H and O–H groups in total. The van der Waals surface area contributed by atoms with Gasteiger partial charge >= 0.3 is 0 Å². The molecule has 0 saturated carbocycles. The molecule has 3 amide bonds. The van der Waals surface area contributed by atoms with Gasteiger partial charge in [-0.25, -0.2) is 0 Å². The third-order valence-corrected chi connectivity index (χ3v) is 3.76. The molecule has 1 aliphatic carbocycles. The third kappa shape index (κ3) is 2.14. The van der Waals surface area contributed by atoms with Crippen molar-refractivity contribution in [2.45, 2.75) is 12.8 Å². The Morgan fingerprint density at radius 2 is 2.00 bits per heavy atom. The van der Waals surface area contributed by atoms with Crippen molar-refractivity contribution in [1.29, 1.82) is 0 Å². The van der Waals surface area contributed by atoms with E-state index in [0.29, 0.717) is 17.9 Å². The van der Waals surface area contributed by atoms with Gasteiger partial charge in [-0.3, -0.25) is 19.3 Å². The van der Waals surface area contributed by atoms with E-state index >= 15 is 0 Å². The molecule has 2 aliphatic rings. The van der Waals surface area contributed by atoms with Gasteiger partial charge in [0.1, 0.15) is 6.54 Å². The molecule has 0 bridgehead atoms. The van der Waals surface area contributed by atoms with E-state index in [9.17, 15) is 14.4 Å². The number of likely N-dealkylation sites (N-methyl/N-ethyl adjacent to an activating group) is 1. The summed E-state index contributed by atoms with van der Waals surface area (Å²) in [6.45, 7) is -0.171. The lowest BCUT2D eigenvalue weighted by molar-refractivity contribution is -0.145. The van der Waals surface area contributed by atoms with Gasteiger partial charge in [0, 0.05) is 19.1 Å². The zero-order valence-electron chi connectivity index (χ0n) is 10.4. The zero-order valence-corrected chi connectivity index (χ0v) is 11.1. The van der Waals surface area contributed by atoms with Gasteiger partial charge in [-0.15, -0.1) is 0 Å². The minimum absolute atomic E-state index is 0.171. The molecule has 1 aliphatic heterocycles. The summed E-state index contributed by atoms with van der Waals surface area (Å²) in [6.07, 6.45) is 2.68. The van der Waals surface area contributed by atoms with Crippen molar-refractivity contribution in [2.75, 3.05) is 20.6 Å². The topological polar surface area (TPSA) is 57.7 Å². The van der Waals surface area contributed by atoms with Crippen molar-refractivity contribution in [3.63, 3.8) is 0 Å². The Balaban J connectivity index is 2.14. The number of carbonyl (C=O) groups excluding carboxylic acids is 3. The van der Waals surface area contributed by atoms with E-state index in [-0.39, 0.29) is 36.1 Å². The molecule has 0 unspecified atom stereocenters. The van der Waals surface area contributed by atoms with Crippen LogP contribution in [0.1, 0.15) is 12.8 Å². The van der Waals surface area contributed by atoms with E-state index < -0.39 is 0 Å². The highest BCUT2D eigenvalue weighted by Gasteiger charge is 2.48. The Labute approximate surface area is 110 Å². The summed E-state index contributed by atoms with van der Waals surface area (Å²) < 4.78 is 0. The summed E-state index contributed by atoms with van der Waals surface area (Å²) in [4.78, 5) is 38.2. The molecule has 0 aromatic heterocycles. The highest BCUT2D eigenvalue weighted by Crippen LogP contribution is 2.38. The summed E-state index contributed by atoms with van der Waals surface area (Å²) in [5.41, 5.74) is 0. The maximum absolute atomic E-state index is 12.1.